The number of hydrogen-bond acceptors (Lipinski definition) is 5. The minimum absolute atomic E-state index is 0.355. The van der Waals surface area contributed by atoms with Gasteiger partial charge in [0.05, 0.1) is 17.9 Å². The third kappa shape index (κ3) is 5.24. The van der Waals surface area contributed by atoms with Crippen molar-refractivity contribution in [2.24, 2.45) is 5.92 Å². The van der Waals surface area contributed by atoms with E-state index in [0.29, 0.717) is 29.7 Å². The van der Waals surface area contributed by atoms with Crippen molar-refractivity contribution in [1.82, 2.24) is 9.97 Å². The second-order valence-electron chi connectivity index (χ2n) is 4.88. The van der Waals surface area contributed by atoms with Crippen molar-refractivity contribution in [1.29, 1.82) is 0 Å². The largest absolute Gasteiger partial charge is 0.462 e. The van der Waals surface area contributed by atoms with Crippen molar-refractivity contribution in [3.63, 3.8) is 0 Å². The van der Waals surface area contributed by atoms with Gasteiger partial charge in [-0.05, 0) is 32.6 Å². The van der Waals surface area contributed by atoms with Crippen LogP contribution in [0.2, 0.25) is 0 Å². The average Bonchev–Trinajstić information content (AvgIpc) is 2.34. The molecule has 1 aromatic heterocycles. The third-order valence-corrected chi connectivity index (χ3v) is 2.72. The lowest BCUT2D eigenvalue weighted by molar-refractivity contribution is 0.0524. The maximum absolute atomic E-state index is 11.6. The standard InChI is InChI=1S/C14H23N3O2/c1-5-19-13(18)12-9-16-14(17-11(12)4)15-8-6-7-10(2)3/h9-10H,5-8H2,1-4H3,(H,15,16,17). The zero-order valence-electron chi connectivity index (χ0n) is 12.2. The van der Waals surface area contributed by atoms with E-state index < -0.39 is 0 Å². The first-order valence-corrected chi connectivity index (χ1v) is 6.79. The van der Waals surface area contributed by atoms with E-state index in [1.807, 2.05) is 0 Å². The summed E-state index contributed by atoms with van der Waals surface area (Å²) >= 11 is 0. The van der Waals surface area contributed by atoms with Crippen molar-refractivity contribution < 1.29 is 9.53 Å². The molecule has 5 nitrogen and oxygen atoms in total. The highest BCUT2D eigenvalue weighted by Gasteiger charge is 2.12. The molecule has 0 aromatic carbocycles. The quantitative estimate of drug-likeness (QED) is 0.606. The van der Waals surface area contributed by atoms with E-state index in [1.54, 1.807) is 13.8 Å². The monoisotopic (exact) mass is 265 g/mol. The molecule has 0 fully saturated rings. The summed E-state index contributed by atoms with van der Waals surface area (Å²) in [6.45, 7) is 9.17. The zero-order chi connectivity index (χ0) is 14.3. The molecule has 0 amide bonds. The van der Waals surface area contributed by atoms with Gasteiger partial charge in [-0.2, -0.15) is 0 Å². The number of esters is 1. The Bertz CT molecular complexity index is 419. The molecular formula is C14H23N3O2. The first kappa shape index (κ1) is 15.4. The molecule has 1 heterocycles. The lowest BCUT2D eigenvalue weighted by Crippen LogP contribution is -2.12. The van der Waals surface area contributed by atoms with Gasteiger partial charge in [0.15, 0.2) is 0 Å². The summed E-state index contributed by atoms with van der Waals surface area (Å²) < 4.78 is 4.93. The van der Waals surface area contributed by atoms with Crippen LogP contribution in [0.1, 0.15) is 49.7 Å². The van der Waals surface area contributed by atoms with Crippen LogP contribution in [0, 0.1) is 12.8 Å². The number of aryl methyl sites for hydroxylation is 1. The number of nitrogens with zero attached hydrogens (tertiary/aromatic N) is 2. The molecular weight excluding hydrogens is 242 g/mol. The molecule has 0 bridgehead atoms. The Morgan fingerprint density at radius 1 is 1.47 bits per heavy atom. The summed E-state index contributed by atoms with van der Waals surface area (Å²) in [5, 5.41) is 3.16. The second-order valence-corrected chi connectivity index (χ2v) is 4.88. The molecule has 0 aliphatic rings. The van der Waals surface area contributed by atoms with E-state index in [9.17, 15) is 4.79 Å². The zero-order valence-corrected chi connectivity index (χ0v) is 12.2. The van der Waals surface area contributed by atoms with Gasteiger partial charge in [0.2, 0.25) is 5.95 Å². The molecule has 1 rings (SSSR count). The number of hydrogen-bond donors (Lipinski definition) is 1. The smallest absolute Gasteiger partial charge is 0.341 e. The van der Waals surface area contributed by atoms with Gasteiger partial charge in [0.1, 0.15) is 0 Å². The number of carbonyl (C=O) groups is 1. The molecule has 1 aromatic rings. The van der Waals surface area contributed by atoms with Gasteiger partial charge in [0, 0.05) is 12.7 Å². The Kier molecular flexibility index (Phi) is 6.25. The van der Waals surface area contributed by atoms with Gasteiger partial charge in [-0.3, -0.25) is 0 Å². The molecule has 0 saturated carbocycles. The Labute approximate surface area is 114 Å². The lowest BCUT2D eigenvalue weighted by atomic mass is 10.1. The molecule has 106 valence electrons. The molecule has 5 heteroatoms. The lowest BCUT2D eigenvalue weighted by Gasteiger charge is -2.09. The van der Waals surface area contributed by atoms with Crippen LogP contribution in [0.3, 0.4) is 0 Å². The second kappa shape index (κ2) is 7.71. The van der Waals surface area contributed by atoms with Crippen LogP contribution in [0.15, 0.2) is 6.20 Å². The molecule has 0 unspecified atom stereocenters. The number of nitrogens with one attached hydrogen (secondary N) is 1. The highest BCUT2D eigenvalue weighted by molar-refractivity contribution is 5.90. The number of aromatic nitrogens is 2. The van der Waals surface area contributed by atoms with Crippen molar-refractivity contribution in [3.8, 4) is 0 Å². The van der Waals surface area contributed by atoms with Crippen LogP contribution in [0.4, 0.5) is 5.95 Å². The van der Waals surface area contributed by atoms with Crippen LogP contribution in [-0.4, -0.2) is 29.1 Å². The summed E-state index contributed by atoms with van der Waals surface area (Å²) in [4.78, 5) is 20.0. The van der Waals surface area contributed by atoms with Crippen LogP contribution >= 0.6 is 0 Å². The SMILES string of the molecule is CCOC(=O)c1cnc(NCCCC(C)C)nc1C. The minimum Gasteiger partial charge on any atom is -0.462 e. The number of anilines is 1. The fourth-order valence-corrected chi connectivity index (χ4v) is 1.67. The van der Waals surface area contributed by atoms with Crippen molar-refractivity contribution in [3.05, 3.63) is 17.5 Å². The Balaban J connectivity index is 2.54. The van der Waals surface area contributed by atoms with Gasteiger partial charge in [-0.15, -0.1) is 0 Å². The Hall–Kier alpha value is -1.65. The summed E-state index contributed by atoms with van der Waals surface area (Å²) in [6, 6.07) is 0. The summed E-state index contributed by atoms with van der Waals surface area (Å²) in [6.07, 6.45) is 3.78. The van der Waals surface area contributed by atoms with Gasteiger partial charge in [-0.1, -0.05) is 13.8 Å². The molecule has 0 atom stereocenters. The third-order valence-electron chi connectivity index (χ3n) is 2.72. The van der Waals surface area contributed by atoms with E-state index in [-0.39, 0.29) is 5.97 Å². The first-order chi connectivity index (χ1) is 9.04. The summed E-state index contributed by atoms with van der Waals surface area (Å²) in [7, 11) is 0. The Morgan fingerprint density at radius 2 is 2.21 bits per heavy atom. The highest BCUT2D eigenvalue weighted by atomic mass is 16.5. The number of ether oxygens (including phenoxy) is 1. The van der Waals surface area contributed by atoms with E-state index in [2.05, 4.69) is 29.1 Å². The van der Waals surface area contributed by atoms with E-state index in [0.717, 1.165) is 13.0 Å². The molecule has 19 heavy (non-hydrogen) atoms. The van der Waals surface area contributed by atoms with Crippen LogP contribution in [0.25, 0.3) is 0 Å². The molecule has 0 aliphatic heterocycles. The topological polar surface area (TPSA) is 64.1 Å². The molecule has 1 N–H and O–H groups in total. The van der Waals surface area contributed by atoms with Gasteiger partial charge in [0.25, 0.3) is 0 Å². The van der Waals surface area contributed by atoms with Crippen LogP contribution in [0.5, 0.6) is 0 Å². The Morgan fingerprint density at radius 3 is 2.79 bits per heavy atom. The number of carbonyl (C=O) groups excluding carboxylic acids is 1. The van der Waals surface area contributed by atoms with Crippen molar-refractivity contribution in [2.45, 2.75) is 40.5 Å². The molecule has 0 radical (unpaired) electrons. The van der Waals surface area contributed by atoms with E-state index in [1.165, 1.54) is 12.6 Å². The van der Waals surface area contributed by atoms with Crippen molar-refractivity contribution >= 4 is 11.9 Å². The molecule has 0 spiro atoms. The predicted octanol–water partition coefficient (Wildman–Crippen LogP) is 2.81. The normalized spacial score (nSPS) is 10.6. The molecule has 0 saturated heterocycles. The van der Waals surface area contributed by atoms with E-state index >= 15 is 0 Å². The van der Waals surface area contributed by atoms with Crippen LogP contribution in [-0.2, 0) is 4.74 Å². The maximum Gasteiger partial charge on any atom is 0.341 e. The van der Waals surface area contributed by atoms with Crippen LogP contribution < -0.4 is 5.32 Å². The van der Waals surface area contributed by atoms with E-state index in [4.69, 9.17) is 4.74 Å². The summed E-state index contributed by atoms with van der Waals surface area (Å²) in [5.41, 5.74) is 1.06. The number of rotatable bonds is 7. The average molecular weight is 265 g/mol. The highest BCUT2D eigenvalue weighted by Crippen LogP contribution is 2.09. The van der Waals surface area contributed by atoms with Gasteiger partial charge >= 0.3 is 5.97 Å². The van der Waals surface area contributed by atoms with Gasteiger partial charge < -0.3 is 10.1 Å². The minimum atomic E-state index is -0.369. The maximum atomic E-state index is 11.6. The fraction of sp³-hybridized carbons (Fsp3) is 0.643. The first-order valence-electron chi connectivity index (χ1n) is 6.79. The predicted molar refractivity (Wildman–Crippen MR) is 75.3 cm³/mol. The van der Waals surface area contributed by atoms with Gasteiger partial charge in [-0.25, -0.2) is 14.8 Å². The summed E-state index contributed by atoms with van der Waals surface area (Å²) in [5.74, 6) is 0.899. The van der Waals surface area contributed by atoms with Crippen molar-refractivity contribution in [2.75, 3.05) is 18.5 Å². The molecule has 0 aliphatic carbocycles. The fourth-order valence-electron chi connectivity index (χ4n) is 1.67.